The fourth-order valence-electron chi connectivity index (χ4n) is 2.49. The maximum absolute atomic E-state index is 12.5. The maximum Gasteiger partial charge on any atom is 0.328 e. The van der Waals surface area contributed by atoms with Gasteiger partial charge in [0, 0.05) is 12.8 Å². The van der Waals surface area contributed by atoms with Gasteiger partial charge in [0.05, 0.1) is 6.61 Å². The number of amides is 1. The van der Waals surface area contributed by atoms with E-state index in [4.69, 9.17) is 4.74 Å². The highest BCUT2D eigenvalue weighted by Crippen LogP contribution is 2.09. The molecule has 26 heavy (non-hydrogen) atoms. The molecular weight excluding hydrogens is 330 g/mol. The summed E-state index contributed by atoms with van der Waals surface area (Å²) in [4.78, 5) is 35.9. The van der Waals surface area contributed by atoms with E-state index >= 15 is 0 Å². The minimum Gasteiger partial charge on any atom is -0.464 e. The van der Waals surface area contributed by atoms with E-state index in [-0.39, 0.29) is 25.0 Å². The lowest BCUT2D eigenvalue weighted by Gasteiger charge is -2.17. The number of benzene rings is 2. The second-order valence-electron chi connectivity index (χ2n) is 5.71. The maximum atomic E-state index is 12.5. The van der Waals surface area contributed by atoms with Gasteiger partial charge in [0.1, 0.15) is 17.6 Å². The first-order chi connectivity index (χ1) is 12.6. The largest absolute Gasteiger partial charge is 0.464 e. The van der Waals surface area contributed by atoms with Gasteiger partial charge in [-0.3, -0.25) is 4.79 Å². The average molecular weight is 351 g/mol. The van der Waals surface area contributed by atoms with Crippen molar-refractivity contribution in [2.45, 2.75) is 25.8 Å². The Balaban J connectivity index is 2.11. The van der Waals surface area contributed by atoms with Crippen LogP contribution in [-0.4, -0.2) is 30.5 Å². The van der Waals surface area contributed by atoms with Crippen molar-refractivity contribution in [1.29, 1.82) is 0 Å². The number of hydrogen-bond acceptors (Lipinski definition) is 4. The number of carbonyl (C=O) groups is 2. The molecule has 1 unspecified atom stereocenters. The molecule has 0 saturated carbocycles. The Labute approximate surface area is 152 Å². The first-order valence-corrected chi connectivity index (χ1v) is 8.43. The van der Waals surface area contributed by atoms with Gasteiger partial charge < -0.3 is 10.1 Å². The predicted octanol–water partition coefficient (Wildman–Crippen LogP) is 2.28. The number of esters is 1. The quantitative estimate of drug-likeness (QED) is 0.450. The molecule has 0 heterocycles. The molecule has 0 aliphatic rings. The summed E-state index contributed by atoms with van der Waals surface area (Å²) < 4.78 is 5.05. The van der Waals surface area contributed by atoms with Crippen LogP contribution in [-0.2, 0) is 32.0 Å². The minimum absolute atomic E-state index is 0.0569. The van der Waals surface area contributed by atoms with Gasteiger partial charge in [-0.1, -0.05) is 60.7 Å². The van der Waals surface area contributed by atoms with E-state index < -0.39 is 17.9 Å². The molecule has 0 saturated heterocycles. The standard InChI is InChI=1S/C21H21NO4/c1-2-26-21(25)19(14-17-11-7-4-8-12-17)22-20(24)18(15-23)13-16-9-5-3-6-10-16/h3-12,19H,2,13-14H2,1H3,(H,22,24). The highest BCUT2D eigenvalue weighted by atomic mass is 16.5. The Morgan fingerprint density at radius 3 is 2.12 bits per heavy atom. The molecule has 134 valence electrons. The van der Waals surface area contributed by atoms with Crippen molar-refractivity contribution in [3.8, 4) is 0 Å². The monoisotopic (exact) mass is 351 g/mol. The van der Waals surface area contributed by atoms with Gasteiger partial charge in [-0.15, -0.1) is 0 Å². The molecule has 0 aliphatic heterocycles. The zero-order valence-corrected chi connectivity index (χ0v) is 14.6. The van der Waals surface area contributed by atoms with Crippen molar-refractivity contribution in [3.05, 3.63) is 77.4 Å². The molecule has 1 N–H and O–H groups in total. The van der Waals surface area contributed by atoms with E-state index in [1.54, 1.807) is 12.9 Å². The van der Waals surface area contributed by atoms with Gasteiger partial charge in [-0.2, -0.15) is 0 Å². The topological polar surface area (TPSA) is 72.5 Å². The normalized spacial score (nSPS) is 11.1. The number of ether oxygens (including phenoxy) is 1. The SMILES string of the molecule is CCOC(=O)C(Cc1ccccc1)NC(=O)C(=C=O)Cc1ccccc1. The van der Waals surface area contributed by atoms with Crippen LogP contribution in [0.1, 0.15) is 18.1 Å². The lowest BCUT2D eigenvalue weighted by atomic mass is 10.0. The molecular formula is C21H21NO4. The number of nitrogens with one attached hydrogen (secondary N) is 1. The van der Waals surface area contributed by atoms with Crippen LogP contribution in [0.25, 0.3) is 0 Å². The molecule has 2 aromatic rings. The second kappa shape index (κ2) is 9.97. The van der Waals surface area contributed by atoms with Crippen molar-refractivity contribution in [1.82, 2.24) is 5.32 Å². The van der Waals surface area contributed by atoms with Crippen LogP contribution in [0.2, 0.25) is 0 Å². The average Bonchev–Trinajstić information content (AvgIpc) is 2.67. The Hall–Kier alpha value is -3.17. The summed E-state index contributed by atoms with van der Waals surface area (Å²) in [6.45, 7) is 1.91. The zero-order chi connectivity index (χ0) is 18.8. The number of rotatable bonds is 8. The molecule has 0 aromatic heterocycles. The minimum atomic E-state index is -0.871. The van der Waals surface area contributed by atoms with Crippen LogP contribution < -0.4 is 5.32 Å². The van der Waals surface area contributed by atoms with E-state index in [0.29, 0.717) is 0 Å². The molecule has 1 atom stereocenters. The highest BCUT2D eigenvalue weighted by Gasteiger charge is 2.24. The van der Waals surface area contributed by atoms with E-state index in [2.05, 4.69) is 5.32 Å². The number of carbonyl (C=O) groups excluding carboxylic acids is 3. The fourth-order valence-corrected chi connectivity index (χ4v) is 2.49. The van der Waals surface area contributed by atoms with Gasteiger partial charge in [-0.05, 0) is 18.1 Å². The molecule has 0 bridgehead atoms. The predicted molar refractivity (Wildman–Crippen MR) is 98.1 cm³/mol. The fraction of sp³-hybridized carbons (Fsp3) is 0.238. The van der Waals surface area contributed by atoms with E-state index in [9.17, 15) is 14.4 Å². The third-order valence-corrected chi connectivity index (χ3v) is 3.78. The van der Waals surface area contributed by atoms with Gasteiger partial charge in [-0.25, -0.2) is 9.59 Å². The molecule has 0 spiro atoms. The van der Waals surface area contributed by atoms with Gasteiger partial charge in [0.15, 0.2) is 0 Å². The van der Waals surface area contributed by atoms with Crippen LogP contribution in [0, 0.1) is 0 Å². The highest BCUT2D eigenvalue weighted by molar-refractivity contribution is 6.02. The first kappa shape index (κ1) is 19.2. The van der Waals surface area contributed by atoms with Crippen molar-refractivity contribution >= 4 is 17.8 Å². The third-order valence-electron chi connectivity index (χ3n) is 3.78. The number of hydrogen-bond donors (Lipinski definition) is 1. The molecule has 5 nitrogen and oxygen atoms in total. The smallest absolute Gasteiger partial charge is 0.328 e. The van der Waals surface area contributed by atoms with Crippen molar-refractivity contribution < 1.29 is 19.1 Å². The summed E-state index contributed by atoms with van der Waals surface area (Å²) in [5.41, 5.74) is 1.64. The van der Waals surface area contributed by atoms with Crippen LogP contribution >= 0.6 is 0 Å². The molecule has 0 aliphatic carbocycles. The van der Waals surface area contributed by atoms with Crippen LogP contribution in [0.15, 0.2) is 66.2 Å². The van der Waals surface area contributed by atoms with Crippen LogP contribution in [0.3, 0.4) is 0 Å². The molecule has 0 fully saturated rings. The van der Waals surface area contributed by atoms with Crippen LogP contribution in [0.4, 0.5) is 0 Å². The van der Waals surface area contributed by atoms with Crippen molar-refractivity contribution in [3.63, 3.8) is 0 Å². The molecule has 5 heteroatoms. The summed E-state index contributed by atoms with van der Waals surface area (Å²) in [6, 6.07) is 17.6. The third kappa shape index (κ3) is 5.72. The molecule has 2 rings (SSSR count). The Bertz CT molecular complexity index is 780. The molecule has 2 aromatic carbocycles. The van der Waals surface area contributed by atoms with E-state index in [0.717, 1.165) is 11.1 Å². The van der Waals surface area contributed by atoms with Crippen molar-refractivity contribution in [2.24, 2.45) is 0 Å². The van der Waals surface area contributed by atoms with Gasteiger partial charge in [0.25, 0.3) is 5.91 Å². The second-order valence-corrected chi connectivity index (χ2v) is 5.71. The molecule has 0 radical (unpaired) electrons. The lowest BCUT2D eigenvalue weighted by Crippen LogP contribution is -2.44. The first-order valence-electron chi connectivity index (χ1n) is 8.43. The van der Waals surface area contributed by atoms with Crippen molar-refractivity contribution in [2.75, 3.05) is 6.61 Å². The van der Waals surface area contributed by atoms with E-state index in [1.165, 1.54) is 0 Å². The van der Waals surface area contributed by atoms with Gasteiger partial charge in [0.2, 0.25) is 0 Å². The lowest BCUT2D eigenvalue weighted by molar-refractivity contribution is -0.147. The summed E-state index contributed by atoms with van der Waals surface area (Å²) in [6.07, 6.45) is 0.430. The summed E-state index contributed by atoms with van der Waals surface area (Å²) in [5.74, 6) is 0.547. The Morgan fingerprint density at radius 1 is 1.00 bits per heavy atom. The molecule has 1 amide bonds. The summed E-state index contributed by atoms with van der Waals surface area (Å²) in [5, 5.41) is 2.61. The Kier molecular flexibility index (Phi) is 7.34. The van der Waals surface area contributed by atoms with Crippen LogP contribution in [0.5, 0.6) is 0 Å². The van der Waals surface area contributed by atoms with E-state index in [1.807, 2.05) is 60.7 Å². The van der Waals surface area contributed by atoms with Gasteiger partial charge >= 0.3 is 5.97 Å². The Morgan fingerprint density at radius 2 is 1.58 bits per heavy atom. The summed E-state index contributed by atoms with van der Waals surface area (Å²) >= 11 is 0. The zero-order valence-electron chi connectivity index (χ0n) is 14.6. The summed E-state index contributed by atoms with van der Waals surface area (Å²) in [7, 11) is 0.